The van der Waals surface area contributed by atoms with E-state index in [2.05, 4.69) is 18.3 Å². The molecule has 2 atom stereocenters. The molecule has 25 heavy (non-hydrogen) atoms. The molecular weight excluding hydrogens is 322 g/mol. The van der Waals surface area contributed by atoms with Crippen molar-refractivity contribution in [3.63, 3.8) is 0 Å². The van der Waals surface area contributed by atoms with Crippen molar-refractivity contribution in [1.82, 2.24) is 9.88 Å². The highest BCUT2D eigenvalue weighted by molar-refractivity contribution is 5.76. The highest BCUT2D eigenvalue weighted by atomic mass is 16.6. The highest BCUT2D eigenvalue weighted by Gasteiger charge is 2.25. The minimum atomic E-state index is -0.741. The van der Waals surface area contributed by atoms with Crippen LogP contribution in [0.1, 0.15) is 42.9 Å². The van der Waals surface area contributed by atoms with E-state index in [4.69, 9.17) is 0 Å². The number of rotatable bonds is 4. The van der Waals surface area contributed by atoms with Crippen molar-refractivity contribution in [2.45, 2.75) is 38.3 Å². The molecule has 1 amide bonds. The summed E-state index contributed by atoms with van der Waals surface area (Å²) in [4.78, 5) is 33.9. The van der Waals surface area contributed by atoms with Gasteiger partial charge in [-0.1, -0.05) is 31.2 Å². The van der Waals surface area contributed by atoms with Crippen LogP contribution < -0.4 is 10.7 Å². The topological polar surface area (TPSA) is 94.2 Å². The number of nitrogens with zero attached hydrogens (tertiary/aromatic N) is 2. The summed E-state index contributed by atoms with van der Waals surface area (Å²) in [5.74, 6) is 0.221. The minimum Gasteiger partial charge on any atom is -0.348 e. The molecule has 130 valence electrons. The standard InChI is InChI=1S/C18H19N3O4/c1-12-6-7-15(14-5-3-2-4-13(12)14)19-18(23)11-20-9-8-17(22)16(10-20)21(24)25/h2-5,8-10,12,15H,6-7,11H2,1H3,(H,19,23)/t12-,15+/m0/s1. The van der Waals surface area contributed by atoms with E-state index in [1.54, 1.807) is 0 Å². The van der Waals surface area contributed by atoms with Crippen LogP contribution in [0.2, 0.25) is 0 Å². The number of nitro groups is 1. The van der Waals surface area contributed by atoms with Crippen LogP contribution >= 0.6 is 0 Å². The summed E-state index contributed by atoms with van der Waals surface area (Å²) >= 11 is 0. The third-order valence-corrected chi connectivity index (χ3v) is 4.61. The third-order valence-electron chi connectivity index (χ3n) is 4.61. The Morgan fingerprint density at radius 2 is 2.00 bits per heavy atom. The molecule has 2 aromatic rings. The van der Waals surface area contributed by atoms with Gasteiger partial charge in [0, 0.05) is 12.3 Å². The van der Waals surface area contributed by atoms with Gasteiger partial charge in [0.05, 0.1) is 17.2 Å². The summed E-state index contributed by atoms with van der Waals surface area (Å²) in [6.07, 6.45) is 4.32. The first-order valence-electron chi connectivity index (χ1n) is 8.18. The van der Waals surface area contributed by atoms with Gasteiger partial charge < -0.3 is 9.88 Å². The molecule has 3 rings (SSSR count). The molecule has 0 unspecified atom stereocenters. The highest BCUT2D eigenvalue weighted by Crippen LogP contribution is 2.36. The minimum absolute atomic E-state index is 0.0609. The fraction of sp³-hybridized carbons (Fsp3) is 0.333. The number of hydrogen-bond acceptors (Lipinski definition) is 4. The van der Waals surface area contributed by atoms with Crippen molar-refractivity contribution in [2.75, 3.05) is 0 Å². The summed E-state index contributed by atoms with van der Waals surface area (Å²) in [6, 6.07) is 9.11. The maximum absolute atomic E-state index is 12.4. The van der Waals surface area contributed by atoms with E-state index in [0.717, 1.165) is 30.7 Å². The van der Waals surface area contributed by atoms with Crippen molar-refractivity contribution < 1.29 is 9.72 Å². The number of hydrogen-bond donors (Lipinski definition) is 1. The number of benzene rings is 1. The van der Waals surface area contributed by atoms with E-state index in [9.17, 15) is 19.7 Å². The van der Waals surface area contributed by atoms with Crippen LogP contribution in [0.5, 0.6) is 0 Å². The van der Waals surface area contributed by atoms with Crippen LogP contribution in [0.3, 0.4) is 0 Å². The Labute approximate surface area is 144 Å². The van der Waals surface area contributed by atoms with Gasteiger partial charge >= 0.3 is 5.69 Å². The molecule has 1 aromatic carbocycles. The largest absolute Gasteiger partial charge is 0.348 e. The number of carbonyl (C=O) groups is 1. The second-order valence-electron chi connectivity index (χ2n) is 6.35. The van der Waals surface area contributed by atoms with Crippen LogP contribution in [-0.2, 0) is 11.3 Å². The van der Waals surface area contributed by atoms with Crippen LogP contribution in [0.15, 0.2) is 47.5 Å². The summed E-state index contributed by atoms with van der Waals surface area (Å²) < 4.78 is 1.35. The van der Waals surface area contributed by atoms with Crippen LogP contribution in [0.4, 0.5) is 5.69 Å². The van der Waals surface area contributed by atoms with Crippen molar-refractivity contribution in [2.24, 2.45) is 0 Å². The molecule has 1 aliphatic rings. The Kier molecular flexibility index (Phi) is 4.65. The average molecular weight is 341 g/mol. The predicted octanol–water partition coefficient (Wildman–Crippen LogP) is 2.51. The number of aromatic nitrogens is 1. The lowest BCUT2D eigenvalue weighted by molar-refractivity contribution is -0.386. The van der Waals surface area contributed by atoms with E-state index >= 15 is 0 Å². The second-order valence-corrected chi connectivity index (χ2v) is 6.35. The summed E-state index contributed by atoms with van der Waals surface area (Å²) in [5.41, 5.74) is 1.17. The van der Waals surface area contributed by atoms with Gasteiger partial charge in [-0.25, -0.2) is 0 Å². The smallest absolute Gasteiger partial charge is 0.332 e. The lowest BCUT2D eigenvalue weighted by Gasteiger charge is -2.30. The van der Waals surface area contributed by atoms with Gasteiger partial charge in [-0.15, -0.1) is 0 Å². The van der Waals surface area contributed by atoms with Gasteiger partial charge in [0.15, 0.2) is 0 Å². The molecule has 0 saturated heterocycles. The van der Waals surface area contributed by atoms with E-state index in [1.165, 1.54) is 16.3 Å². The van der Waals surface area contributed by atoms with Crippen LogP contribution in [0, 0.1) is 10.1 Å². The van der Waals surface area contributed by atoms with Crippen molar-refractivity contribution in [3.05, 3.63) is 74.2 Å². The molecule has 0 fully saturated rings. The van der Waals surface area contributed by atoms with Crippen molar-refractivity contribution in [3.8, 4) is 0 Å². The molecule has 0 radical (unpaired) electrons. The Morgan fingerprint density at radius 3 is 2.72 bits per heavy atom. The van der Waals surface area contributed by atoms with Crippen molar-refractivity contribution >= 4 is 11.6 Å². The van der Waals surface area contributed by atoms with Gasteiger partial charge in [-0.2, -0.15) is 0 Å². The molecule has 1 aliphatic carbocycles. The zero-order valence-corrected chi connectivity index (χ0v) is 13.8. The molecular formula is C18H19N3O4. The molecule has 0 aliphatic heterocycles. The second kappa shape index (κ2) is 6.88. The van der Waals surface area contributed by atoms with Gasteiger partial charge in [0.2, 0.25) is 5.91 Å². The Balaban J connectivity index is 1.74. The number of carbonyl (C=O) groups excluding carboxylic acids is 1. The van der Waals surface area contributed by atoms with E-state index in [-0.39, 0.29) is 18.5 Å². The van der Waals surface area contributed by atoms with Gasteiger partial charge in [-0.05, 0) is 29.9 Å². The first-order valence-corrected chi connectivity index (χ1v) is 8.18. The lowest BCUT2D eigenvalue weighted by atomic mass is 9.81. The molecule has 7 nitrogen and oxygen atoms in total. The average Bonchev–Trinajstić information content (AvgIpc) is 2.59. The Hall–Kier alpha value is -2.96. The molecule has 1 heterocycles. The molecule has 1 aromatic heterocycles. The van der Waals surface area contributed by atoms with Crippen LogP contribution in [-0.4, -0.2) is 15.4 Å². The summed E-state index contributed by atoms with van der Waals surface area (Å²) in [7, 11) is 0. The van der Waals surface area contributed by atoms with Gasteiger partial charge in [0.1, 0.15) is 6.54 Å². The van der Waals surface area contributed by atoms with Gasteiger partial charge in [-0.3, -0.25) is 19.7 Å². The number of fused-ring (bicyclic) bond motifs is 1. The third kappa shape index (κ3) is 3.60. The monoisotopic (exact) mass is 341 g/mol. The number of amides is 1. The molecule has 0 saturated carbocycles. The fourth-order valence-electron chi connectivity index (χ4n) is 3.31. The fourth-order valence-corrected chi connectivity index (χ4v) is 3.31. The van der Waals surface area contributed by atoms with E-state index in [1.807, 2.05) is 18.2 Å². The SMILES string of the molecule is C[C@H]1CC[C@@H](NC(=O)Cn2ccc(=O)c([N+](=O)[O-])c2)c2ccccc21. The number of pyridine rings is 1. The summed E-state index contributed by atoms with van der Waals surface area (Å²) in [6.45, 7) is 2.10. The first-order chi connectivity index (χ1) is 12.0. The Morgan fingerprint density at radius 1 is 1.28 bits per heavy atom. The molecule has 0 bridgehead atoms. The number of nitrogens with one attached hydrogen (secondary N) is 1. The normalized spacial score (nSPS) is 19.1. The van der Waals surface area contributed by atoms with Crippen LogP contribution in [0.25, 0.3) is 0 Å². The first kappa shape index (κ1) is 16.9. The van der Waals surface area contributed by atoms with E-state index in [0.29, 0.717) is 5.92 Å². The maximum Gasteiger partial charge on any atom is 0.332 e. The quantitative estimate of drug-likeness (QED) is 0.683. The summed E-state index contributed by atoms with van der Waals surface area (Å²) in [5, 5.41) is 13.8. The predicted molar refractivity (Wildman–Crippen MR) is 92.3 cm³/mol. The lowest BCUT2D eigenvalue weighted by Crippen LogP contribution is -2.34. The van der Waals surface area contributed by atoms with Crippen molar-refractivity contribution in [1.29, 1.82) is 0 Å². The molecule has 1 N–H and O–H groups in total. The zero-order valence-electron chi connectivity index (χ0n) is 13.8. The molecule has 0 spiro atoms. The maximum atomic E-state index is 12.4. The van der Waals surface area contributed by atoms with E-state index < -0.39 is 16.0 Å². The Bertz CT molecular complexity index is 875. The van der Waals surface area contributed by atoms with Gasteiger partial charge in [0.25, 0.3) is 5.43 Å². The molecule has 7 heteroatoms. The zero-order chi connectivity index (χ0) is 18.0.